The Morgan fingerprint density at radius 2 is 2.07 bits per heavy atom. The number of nitrogens with one attached hydrogen (secondary N) is 2. The summed E-state index contributed by atoms with van der Waals surface area (Å²) in [6.07, 6.45) is 3.59. The molecule has 4 rings (SSSR count). The molecule has 10 heteroatoms. The van der Waals surface area contributed by atoms with Crippen LogP contribution in [0.15, 0.2) is 12.4 Å². The maximum atomic E-state index is 14.5. The number of aromatic nitrogens is 2. The number of nitrogens with zero attached hydrogens (tertiary/aromatic N) is 2. The Kier molecular flexibility index (Phi) is 5.04. The van der Waals surface area contributed by atoms with Gasteiger partial charge in [0.15, 0.2) is 0 Å². The van der Waals surface area contributed by atoms with Crippen molar-refractivity contribution in [1.29, 1.82) is 0 Å². The quantitative estimate of drug-likeness (QED) is 0.602. The van der Waals surface area contributed by atoms with Crippen molar-refractivity contribution >= 4 is 33.4 Å². The van der Waals surface area contributed by atoms with Crippen LogP contribution in [-0.2, 0) is 11.3 Å². The van der Waals surface area contributed by atoms with Gasteiger partial charge >= 0.3 is 0 Å². The number of hydrogen-bond acceptors (Lipinski definition) is 5. The first kappa shape index (κ1) is 20.1. The molecule has 29 heavy (non-hydrogen) atoms. The average Bonchev–Trinajstić information content (AvgIpc) is 3.08. The highest BCUT2D eigenvalue weighted by atomic mass is 32.3. The molecular weight excluding hydrogens is 399 g/mol. The largest absolute Gasteiger partial charge is 0.351 e. The van der Waals surface area contributed by atoms with E-state index in [2.05, 4.69) is 15.3 Å². The standard InChI is InChI=1S/C19H25FN4O4S/c1-10(2)16(18(25)23-11-3-5-29(27,28)6-4-11)24-9-13-14(20)8-22-17-15(13)12(7-21-17)19(24)26/h7-8,10-11,16,27-28H,3-6,9H2,1-2H3,(H,21,22)(H,23,25)/t16-/m1/s1. The minimum atomic E-state index is -2.54. The van der Waals surface area contributed by atoms with E-state index in [0.29, 0.717) is 35.0 Å². The van der Waals surface area contributed by atoms with E-state index in [1.54, 1.807) is 0 Å². The number of pyridine rings is 1. The predicted octanol–water partition coefficient (Wildman–Crippen LogP) is 2.71. The zero-order valence-corrected chi connectivity index (χ0v) is 17.1. The van der Waals surface area contributed by atoms with Gasteiger partial charge in [0.2, 0.25) is 5.91 Å². The van der Waals surface area contributed by atoms with E-state index < -0.39 is 22.4 Å². The fraction of sp³-hybridized carbons (Fsp3) is 0.526. The second-order valence-electron chi connectivity index (χ2n) is 8.13. The fourth-order valence-electron chi connectivity index (χ4n) is 4.23. The molecule has 2 amide bonds. The molecular formula is C19H25FN4O4S. The van der Waals surface area contributed by atoms with E-state index in [-0.39, 0.29) is 41.8 Å². The van der Waals surface area contributed by atoms with Crippen molar-refractivity contribution in [3.05, 3.63) is 29.3 Å². The Morgan fingerprint density at radius 3 is 2.72 bits per heavy atom. The monoisotopic (exact) mass is 424 g/mol. The number of rotatable bonds is 4. The van der Waals surface area contributed by atoms with Gasteiger partial charge in [-0.2, -0.15) is 10.6 Å². The van der Waals surface area contributed by atoms with E-state index >= 15 is 0 Å². The molecule has 2 aliphatic rings. The topological polar surface area (TPSA) is 119 Å². The number of H-pyrrole nitrogens is 1. The second-order valence-corrected chi connectivity index (χ2v) is 10.5. The highest BCUT2D eigenvalue weighted by Crippen LogP contribution is 2.44. The minimum Gasteiger partial charge on any atom is -0.351 e. The first-order chi connectivity index (χ1) is 13.7. The zero-order valence-electron chi connectivity index (χ0n) is 16.3. The van der Waals surface area contributed by atoms with Gasteiger partial charge in [0, 0.05) is 34.7 Å². The van der Waals surface area contributed by atoms with Gasteiger partial charge in [-0.15, -0.1) is 0 Å². The first-order valence-electron chi connectivity index (χ1n) is 9.67. The van der Waals surface area contributed by atoms with Gasteiger partial charge in [-0.05, 0) is 18.8 Å². The molecule has 0 radical (unpaired) electrons. The molecule has 1 saturated heterocycles. The summed E-state index contributed by atoms with van der Waals surface area (Å²) < 4.78 is 34.0. The van der Waals surface area contributed by atoms with Crippen LogP contribution in [0.4, 0.5) is 4.39 Å². The van der Waals surface area contributed by atoms with Crippen LogP contribution in [0.3, 0.4) is 0 Å². The molecule has 8 nitrogen and oxygen atoms in total. The molecule has 4 heterocycles. The molecule has 2 aromatic heterocycles. The zero-order chi connectivity index (χ0) is 20.9. The third-order valence-corrected chi connectivity index (χ3v) is 7.52. The molecule has 4 N–H and O–H groups in total. The number of hydrogen-bond donors (Lipinski definition) is 4. The summed E-state index contributed by atoms with van der Waals surface area (Å²) in [5, 5.41) is 3.44. The number of amides is 2. The SMILES string of the molecule is CC(C)[C@H](C(=O)NC1CCS(O)(O)CC1)N1Cc2c(F)cnc3[nH]cc(c23)C1=O. The van der Waals surface area contributed by atoms with Crippen molar-refractivity contribution in [2.24, 2.45) is 5.92 Å². The van der Waals surface area contributed by atoms with Crippen LogP contribution in [0.1, 0.15) is 42.6 Å². The van der Waals surface area contributed by atoms with Crippen molar-refractivity contribution in [1.82, 2.24) is 20.2 Å². The van der Waals surface area contributed by atoms with Crippen LogP contribution in [0.25, 0.3) is 11.0 Å². The highest BCUT2D eigenvalue weighted by Gasteiger charge is 2.39. The van der Waals surface area contributed by atoms with Gasteiger partial charge in [-0.25, -0.2) is 9.37 Å². The summed E-state index contributed by atoms with van der Waals surface area (Å²) in [7, 11) is -2.54. The smallest absolute Gasteiger partial charge is 0.257 e. The van der Waals surface area contributed by atoms with Crippen LogP contribution in [0, 0.1) is 11.7 Å². The molecule has 0 saturated carbocycles. The lowest BCUT2D eigenvalue weighted by Crippen LogP contribution is -2.55. The second kappa shape index (κ2) is 7.26. The van der Waals surface area contributed by atoms with Crippen LogP contribution < -0.4 is 5.32 Å². The normalized spacial score (nSPS) is 21.4. The van der Waals surface area contributed by atoms with Crippen molar-refractivity contribution < 1.29 is 23.1 Å². The van der Waals surface area contributed by atoms with Gasteiger partial charge in [0.25, 0.3) is 5.91 Å². The Morgan fingerprint density at radius 1 is 1.38 bits per heavy atom. The van der Waals surface area contributed by atoms with E-state index in [1.165, 1.54) is 11.1 Å². The Hall–Kier alpha value is -2.17. The molecule has 0 unspecified atom stereocenters. The summed E-state index contributed by atoms with van der Waals surface area (Å²) in [5.41, 5.74) is 1.13. The summed E-state index contributed by atoms with van der Waals surface area (Å²) in [6.45, 7) is 3.69. The van der Waals surface area contributed by atoms with Crippen molar-refractivity contribution in [3.63, 3.8) is 0 Å². The molecule has 0 spiro atoms. The third-order valence-electron chi connectivity index (χ3n) is 5.74. The average molecular weight is 424 g/mol. The van der Waals surface area contributed by atoms with Crippen LogP contribution in [0.2, 0.25) is 0 Å². The third kappa shape index (κ3) is 3.60. The van der Waals surface area contributed by atoms with Crippen LogP contribution in [-0.4, -0.2) is 59.4 Å². The van der Waals surface area contributed by atoms with Gasteiger partial charge in [0.05, 0.1) is 18.3 Å². The Balaban J connectivity index is 1.58. The van der Waals surface area contributed by atoms with E-state index in [9.17, 15) is 23.1 Å². The van der Waals surface area contributed by atoms with Gasteiger partial charge in [0.1, 0.15) is 17.5 Å². The molecule has 158 valence electrons. The molecule has 0 aromatic carbocycles. The first-order valence-corrected chi connectivity index (χ1v) is 11.6. The van der Waals surface area contributed by atoms with Gasteiger partial charge in [-0.1, -0.05) is 13.8 Å². The highest BCUT2D eigenvalue weighted by molar-refractivity contribution is 8.24. The van der Waals surface area contributed by atoms with E-state index in [1.807, 2.05) is 13.8 Å². The number of carbonyl (C=O) groups excluding carboxylic acids is 2. The van der Waals surface area contributed by atoms with Gasteiger partial charge in [-0.3, -0.25) is 18.7 Å². The van der Waals surface area contributed by atoms with E-state index in [0.717, 1.165) is 6.20 Å². The maximum absolute atomic E-state index is 14.5. The van der Waals surface area contributed by atoms with Crippen molar-refractivity contribution in [3.8, 4) is 0 Å². The van der Waals surface area contributed by atoms with Crippen LogP contribution >= 0.6 is 10.6 Å². The predicted molar refractivity (Wildman–Crippen MR) is 108 cm³/mol. The molecule has 0 bridgehead atoms. The summed E-state index contributed by atoms with van der Waals surface area (Å²) in [5.74, 6) is -0.802. The van der Waals surface area contributed by atoms with Crippen LogP contribution in [0.5, 0.6) is 0 Å². The number of aromatic amines is 1. The summed E-state index contributed by atoms with van der Waals surface area (Å²) >= 11 is 0. The molecule has 0 aliphatic carbocycles. The van der Waals surface area contributed by atoms with Crippen molar-refractivity contribution in [2.75, 3.05) is 11.5 Å². The number of carbonyl (C=O) groups is 2. The Bertz CT molecular complexity index is 967. The lowest BCUT2D eigenvalue weighted by atomic mass is 9.95. The lowest BCUT2D eigenvalue weighted by molar-refractivity contribution is -0.128. The summed E-state index contributed by atoms with van der Waals surface area (Å²) in [6, 6.07) is -0.939. The van der Waals surface area contributed by atoms with Crippen molar-refractivity contribution in [2.45, 2.75) is 45.3 Å². The van der Waals surface area contributed by atoms with Gasteiger partial charge < -0.3 is 15.2 Å². The maximum Gasteiger partial charge on any atom is 0.257 e. The number of halogens is 1. The fourth-order valence-corrected chi connectivity index (χ4v) is 5.75. The minimum absolute atomic E-state index is 0.00396. The summed E-state index contributed by atoms with van der Waals surface area (Å²) in [4.78, 5) is 34.5. The molecule has 1 fully saturated rings. The Labute approximate surface area is 169 Å². The molecule has 2 aromatic rings. The lowest BCUT2D eigenvalue weighted by Gasteiger charge is -2.41. The van der Waals surface area contributed by atoms with E-state index in [4.69, 9.17) is 0 Å². The molecule has 2 aliphatic heterocycles. The molecule has 1 atom stereocenters.